The smallest absolute Gasteiger partial charge is 0.260 e. The Morgan fingerprint density at radius 3 is 1.39 bits per heavy atom. The lowest BCUT2D eigenvalue weighted by molar-refractivity contribution is 0.464. The Bertz CT molecular complexity index is 1410. The van der Waals surface area contributed by atoms with Gasteiger partial charge in [-0.25, -0.2) is 0 Å². The zero-order valence-electron chi connectivity index (χ0n) is 17.9. The first-order valence-corrected chi connectivity index (χ1v) is 11.2. The van der Waals surface area contributed by atoms with E-state index < -0.39 is 0 Å². The Balaban J connectivity index is 0.00000217. The molecule has 156 valence electrons. The molecule has 2 aliphatic heterocycles. The lowest BCUT2D eigenvalue weighted by atomic mass is 9.35. The standard InChI is InChI=1S/C30H19BO2.H2/c1-3-8-20(9-4-1)22-14-16-24-28(18-22)32-26-12-7-13-27-30(26)31(24)25-17-15-23(19-29(25)33-27)21-10-5-2-6-11-21;/h1-19H;1H/i;1+1. The van der Waals surface area contributed by atoms with Crippen LogP contribution in [0.5, 0.6) is 23.0 Å². The minimum atomic E-state index is 0. The highest BCUT2D eigenvalue weighted by Gasteiger charge is 2.40. The first kappa shape index (κ1) is 18.3. The predicted octanol–water partition coefficient (Wildman–Crippen LogP) is 5.99. The largest absolute Gasteiger partial charge is 0.458 e. The number of fused-ring (bicyclic) bond motifs is 4. The average Bonchev–Trinajstić information content (AvgIpc) is 2.89. The lowest BCUT2D eigenvalue weighted by Crippen LogP contribution is -2.57. The molecule has 0 radical (unpaired) electrons. The van der Waals surface area contributed by atoms with Gasteiger partial charge in [0.2, 0.25) is 0 Å². The zero-order chi connectivity index (χ0) is 21.8. The molecular formula is C30H21BO2. The molecule has 2 heterocycles. The van der Waals surface area contributed by atoms with Crippen molar-refractivity contribution >= 4 is 23.1 Å². The normalized spacial score (nSPS) is 12.7. The first-order valence-electron chi connectivity index (χ1n) is 11.2. The topological polar surface area (TPSA) is 18.5 Å². The van der Waals surface area contributed by atoms with Crippen LogP contribution in [0, 0.1) is 0 Å². The second kappa shape index (κ2) is 7.14. The van der Waals surface area contributed by atoms with Crippen molar-refractivity contribution in [1.29, 1.82) is 0 Å². The average molecular weight is 425 g/mol. The van der Waals surface area contributed by atoms with Gasteiger partial charge in [-0.2, -0.15) is 0 Å². The maximum absolute atomic E-state index is 6.41. The van der Waals surface area contributed by atoms with E-state index in [0.29, 0.717) is 0 Å². The fourth-order valence-corrected chi connectivity index (χ4v) is 5.04. The van der Waals surface area contributed by atoms with Crippen LogP contribution in [0.4, 0.5) is 0 Å². The van der Waals surface area contributed by atoms with E-state index in [0.717, 1.165) is 39.6 Å². The molecule has 0 saturated carbocycles. The van der Waals surface area contributed by atoms with Crippen LogP contribution in [-0.2, 0) is 0 Å². The maximum Gasteiger partial charge on any atom is 0.260 e. The Hall–Kier alpha value is -4.24. The van der Waals surface area contributed by atoms with Crippen molar-refractivity contribution in [3.63, 3.8) is 0 Å². The van der Waals surface area contributed by atoms with Crippen LogP contribution in [0.25, 0.3) is 22.3 Å². The molecule has 0 aliphatic carbocycles. The quantitative estimate of drug-likeness (QED) is 0.317. The number of rotatable bonds is 2. The van der Waals surface area contributed by atoms with Gasteiger partial charge in [0.25, 0.3) is 6.71 Å². The maximum atomic E-state index is 6.41. The van der Waals surface area contributed by atoms with Gasteiger partial charge in [-0.15, -0.1) is 0 Å². The van der Waals surface area contributed by atoms with E-state index in [2.05, 4.69) is 84.9 Å². The molecule has 0 bridgehead atoms. The van der Waals surface area contributed by atoms with Gasteiger partial charge >= 0.3 is 0 Å². The summed E-state index contributed by atoms with van der Waals surface area (Å²) in [5, 5.41) is 0. The monoisotopic (exact) mass is 425 g/mol. The van der Waals surface area contributed by atoms with Crippen molar-refractivity contribution in [2.24, 2.45) is 0 Å². The molecule has 0 amide bonds. The molecule has 0 N–H and O–H groups in total. The van der Waals surface area contributed by atoms with Gasteiger partial charge in [-0.05, 0) is 57.4 Å². The molecule has 0 spiro atoms. The predicted molar refractivity (Wildman–Crippen MR) is 137 cm³/mol. The highest BCUT2D eigenvalue weighted by atomic mass is 16.5. The molecule has 0 fully saturated rings. The zero-order valence-corrected chi connectivity index (χ0v) is 17.9. The second-order valence-electron chi connectivity index (χ2n) is 8.54. The van der Waals surface area contributed by atoms with E-state index in [1.807, 2.05) is 30.3 Å². The van der Waals surface area contributed by atoms with Gasteiger partial charge in [0, 0.05) is 6.89 Å². The van der Waals surface area contributed by atoms with Gasteiger partial charge in [0.05, 0.1) is 0 Å². The number of hydrogen-bond acceptors (Lipinski definition) is 2. The molecule has 5 aromatic rings. The summed E-state index contributed by atoms with van der Waals surface area (Å²) < 4.78 is 12.8. The summed E-state index contributed by atoms with van der Waals surface area (Å²) >= 11 is 0. The minimum Gasteiger partial charge on any atom is -0.458 e. The van der Waals surface area contributed by atoms with Crippen LogP contribution in [0.15, 0.2) is 115 Å². The van der Waals surface area contributed by atoms with E-state index in [4.69, 9.17) is 9.47 Å². The summed E-state index contributed by atoms with van der Waals surface area (Å²) in [4.78, 5) is 0. The third-order valence-electron chi connectivity index (χ3n) is 6.62. The summed E-state index contributed by atoms with van der Waals surface area (Å²) in [6.45, 7) is 0.0818. The van der Waals surface area contributed by atoms with Crippen molar-refractivity contribution in [2.45, 2.75) is 0 Å². The van der Waals surface area contributed by atoms with E-state index >= 15 is 0 Å². The van der Waals surface area contributed by atoms with E-state index in [9.17, 15) is 0 Å². The van der Waals surface area contributed by atoms with Crippen LogP contribution >= 0.6 is 0 Å². The summed E-state index contributed by atoms with van der Waals surface area (Å²) in [5.74, 6) is 3.55. The van der Waals surface area contributed by atoms with Crippen molar-refractivity contribution in [3.05, 3.63) is 115 Å². The molecule has 0 unspecified atom stereocenters. The molecule has 0 aromatic heterocycles. The Labute approximate surface area is 194 Å². The summed E-state index contributed by atoms with van der Waals surface area (Å²) in [5.41, 5.74) is 8.13. The highest BCUT2D eigenvalue weighted by Crippen LogP contribution is 2.36. The second-order valence-corrected chi connectivity index (χ2v) is 8.54. The molecule has 2 aliphatic rings. The van der Waals surface area contributed by atoms with E-state index in [1.165, 1.54) is 22.1 Å². The fourth-order valence-electron chi connectivity index (χ4n) is 5.04. The summed E-state index contributed by atoms with van der Waals surface area (Å²) in [7, 11) is 0. The Morgan fingerprint density at radius 2 is 0.909 bits per heavy atom. The summed E-state index contributed by atoms with van der Waals surface area (Å²) in [6, 6.07) is 40.1. The molecule has 0 atom stereocenters. The van der Waals surface area contributed by atoms with Gasteiger partial charge in [-0.1, -0.05) is 91.0 Å². The number of ether oxygens (including phenoxy) is 2. The van der Waals surface area contributed by atoms with Crippen molar-refractivity contribution < 1.29 is 10.9 Å². The third-order valence-corrected chi connectivity index (χ3v) is 6.62. The van der Waals surface area contributed by atoms with Gasteiger partial charge in [-0.3, -0.25) is 0 Å². The molecule has 2 nitrogen and oxygen atoms in total. The number of benzene rings is 5. The highest BCUT2D eigenvalue weighted by molar-refractivity contribution is 6.98. The third kappa shape index (κ3) is 2.90. The lowest BCUT2D eigenvalue weighted by Gasteiger charge is -2.33. The Kier molecular flexibility index (Phi) is 3.97. The van der Waals surface area contributed by atoms with Crippen LogP contribution in [0.1, 0.15) is 1.43 Å². The van der Waals surface area contributed by atoms with Crippen LogP contribution in [0.3, 0.4) is 0 Å². The van der Waals surface area contributed by atoms with E-state index in [-0.39, 0.29) is 8.14 Å². The van der Waals surface area contributed by atoms with Crippen LogP contribution < -0.4 is 25.9 Å². The van der Waals surface area contributed by atoms with Crippen LogP contribution in [-0.4, -0.2) is 6.71 Å². The van der Waals surface area contributed by atoms with Gasteiger partial charge < -0.3 is 9.47 Å². The molecule has 3 heteroatoms. The minimum absolute atomic E-state index is 0. The van der Waals surface area contributed by atoms with Crippen molar-refractivity contribution in [3.8, 4) is 45.3 Å². The Morgan fingerprint density at radius 1 is 0.424 bits per heavy atom. The molecule has 7 rings (SSSR count). The van der Waals surface area contributed by atoms with Crippen molar-refractivity contribution in [1.82, 2.24) is 0 Å². The molecule has 5 aromatic carbocycles. The molecule has 0 saturated heterocycles. The van der Waals surface area contributed by atoms with Crippen molar-refractivity contribution in [2.75, 3.05) is 0 Å². The SMILES string of the molecule is [2HH].c1ccc(-c2ccc3c(c2)Oc2cccc4c2B3c2ccc(-c3ccccc3)cc2O4)cc1. The first-order chi connectivity index (χ1) is 16.3. The van der Waals surface area contributed by atoms with E-state index in [1.54, 1.807) is 0 Å². The number of hydrogen-bond donors (Lipinski definition) is 0. The van der Waals surface area contributed by atoms with Gasteiger partial charge in [0.1, 0.15) is 23.0 Å². The molecule has 33 heavy (non-hydrogen) atoms. The molecular weight excluding hydrogens is 403 g/mol. The van der Waals surface area contributed by atoms with Crippen LogP contribution in [0.2, 0.25) is 0 Å². The van der Waals surface area contributed by atoms with Gasteiger partial charge in [0.15, 0.2) is 0 Å². The fraction of sp³-hybridized carbons (Fsp3) is 0. The summed E-state index contributed by atoms with van der Waals surface area (Å²) in [6.07, 6.45) is 0.